The highest BCUT2D eigenvalue weighted by molar-refractivity contribution is 5.95. The molecule has 0 amide bonds. The number of aromatic hydroxyl groups is 3. The number of nitrogens with two attached hydrogens (primary N) is 6. The first-order chi connectivity index (χ1) is 62.8. The van der Waals surface area contributed by atoms with Gasteiger partial charge in [-0.3, -0.25) is 31.6 Å². The van der Waals surface area contributed by atoms with Crippen molar-refractivity contribution in [3.8, 4) is 17.2 Å². The number of aliphatic hydroxyl groups excluding tert-OH is 16. The van der Waals surface area contributed by atoms with E-state index in [0.717, 1.165) is 0 Å². The molecule has 0 saturated carbocycles. The van der Waals surface area contributed by atoms with Gasteiger partial charge in [0.2, 0.25) is 76.7 Å². The topological polar surface area (TPSA) is 857 Å². The highest BCUT2D eigenvalue weighted by Gasteiger charge is 2.31. The van der Waals surface area contributed by atoms with Gasteiger partial charge < -0.3 is 147 Å². The minimum atomic E-state index is -1.48. The summed E-state index contributed by atoms with van der Waals surface area (Å²) < 4.78 is 0. The molecule has 0 unspecified atom stereocenters. The summed E-state index contributed by atoms with van der Waals surface area (Å²) in [6.45, 7) is 0.954. The van der Waals surface area contributed by atoms with Gasteiger partial charge in [0, 0.05) is 51.9 Å². The van der Waals surface area contributed by atoms with Crippen LogP contribution < -0.4 is 50.4 Å². The number of unbranched alkanes of at least 4 members (excludes halogenated alkanes) is 2. The quantitative estimate of drug-likeness (QED) is 0.0135. The average molecular weight is 1850 g/mol. The molecule has 0 aliphatic heterocycles. The Morgan fingerprint density at radius 2 is 0.674 bits per heavy atom. The zero-order chi connectivity index (χ0) is 97.6. The summed E-state index contributed by atoms with van der Waals surface area (Å²) in [6, 6.07) is 14.0. The van der Waals surface area contributed by atoms with Crippen molar-refractivity contribution in [3.63, 3.8) is 0 Å². The van der Waals surface area contributed by atoms with E-state index in [4.69, 9.17) is 56.0 Å². The molecule has 0 saturated heterocycles. The number of benzene rings is 4. The minimum Gasteiger partial charge on any atom is -0.508 e. The van der Waals surface area contributed by atoms with Gasteiger partial charge in [0.1, 0.15) is 98.3 Å². The number of nitrogens with one attached hydrogen (secondary N) is 7. The molecule has 0 radical (unpaired) electrons. The number of rotatable bonds is 62. The largest absolute Gasteiger partial charge is 0.508 e. The Morgan fingerprint density at radius 1 is 0.326 bits per heavy atom. The number of guanidine groups is 3. The maximum absolute atomic E-state index is 12.1. The second kappa shape index (κ2) is 60.3. The third kappa shape index (κ3) is 45.5. The lowest BCUT2D eigenvalue weighted by Crippen LogP contribution is -2.36. The number of phenols is 3. The van der Waals surface area contributed by atoms with Crippen LogP contribution in [0, 0.1) is 27.6 Å². The van der Waals surface area contributed by atoms with E-state index in [1.165, 1.54) is 48.5 Å². The van der Waals surface area contributed by atoms with E-state index in [2.05, 4.69) is 90.8 Å². The zero-order valence-corrected chi connectivity index (χ0v) is 73.8. The molecular formula is C85H130N28O19. The first kappa shape index (κ1) is 110. The van der Waals surface area contributed by atoms with E-state index >= 15 is 0 Å². The fraction of sp³-hybridized carbons (Fsp3) is 0.494. The predicted molar refractivity (Wildman–Crippen MR) is 515 cm³/mol. The maximum Gasteiger partial charge on any atom is 0.207 e. The first-order valence-corrected chi connectivity index (χ1v) is 42.6. The van der Waals surface area contributed by atoms with Crippen LogP contribution in [0.4, 0.5) is 0 Å². The Hall–Kier alpha value is -14.5. The van der Waals surface area contributed by atoms with Gasteiger partial charge in [0.25, 0.3) is 0 Å². The molecule has 0 bridgehead atoms. The standard InChI is InChI=1S/C85H130N28O19/c1-3-49(2)72(113-79(129)62(20-13-38-100-85(94)95)108-80(130)65(43-53-25-31-56(116)32-26-53)112-81(131)64(42-52-23-29-55(115)30-24-52)110-74(124)57(87)16-11-36-98-83(90)91)82(132)109-60(18-7-9-34-86)76(126)105-47-70(121)103-46-69(120)104-48-71(122)106-59(73(89)123)17-8-10-35-96-67(118)44-102-68(119)45-101-66(117)33-39-97-77(127)63(41-50-14-5-4-6-15-50)111-78(128)61(19-12-37-99-84(92)93)107-75(125)58(88)40-51-21-27-54(114)28-22-51/h4-6,14-15,21-32,49,57-65,72,114-116H,3,7-13,16-20,33-48,86-88H2,1-2H3,(H2,89,123)(H,96,118)(H,97,127)(H,101,117)(H,102,119)(H,103,121)(H,104,120)(H,105,126)(H,106,122)(H,107,125)(H,108,130)(H,109,132)(H,110,124)(H,111,128)(H,112,131)(H,113,129)(H4,90,91,98)(H4,92,93,99)(H4,94,95,100)/t49-,57-,58-,59-,60-,61+,62-,63-,64-,65-,72-/m0/s1. The second-order valence-electron chi connectivity index (χ2n) is 30.4. The van der Waals surface area contributed by atoms with Crippen LogP contribution in [0.2, 0.25) is 0 Å². The molecule has 0 fully saturated rings. The normalized spacial score (nSPS) is 16.3. The van der Waals surface area contributed by atoms with E-state index in [0.29, 0.717) is 54.4 Å². The summed E-state index contributed by atoms with van der Waals surface area (Å²) in [6.07, 6.45) is 2.19. The minimum absolute atomic E-state index is 0.00102. The summed E-state index contributed by atoms with van der Waals surface area (Å²) in [5.74, 6) is -12.1. The lowest BCUT2D eigenvalue weighted by molar-refractivity contribution is 0.415. The highest BCUT2D eigenvalue weighted by atomic mass is 16.3. The van der Waals surface area contributed by atoms with Gasteiger partial charge in [-0.15, -0.1) is 0 Å². The van der Waals surface area contributed by atoms with Gasteiger partial charge in [0.05, 0.1) is 18.6 Å². The lowest BCUT2D eigenvalue weighted by Gasteiger charge is -2.22. The maximum atomic E-state index is 12.1. The van der Waals surface area contributed by atoms with Gasteiger partial charge in [-0.25, -0.2) is 64.9 Å². The fourth-order valence-corrected chi connectivity index (χ4v) is 12.1. The predicted octanol–water partition coefficient (Wildman–Crippen LogP) is 6.09. The van der Waals surface area contributed by atoms with Crippen molar-refractivity contribution in [3.05, 3.63) is 125 Å². The molecule has 4 rings (SSSR count). The number of hydrogen-bond donors (Lipinski definition) is 32. The van der Waals surface area contributed by atoms with Crippen molar-refractivity contribution < 1.29 is 97.0 Å². The number of phenolic OH excluding ortho intramolecular Hbond substituents is 3. The van der Waals surface area contributed by atoms with E-state index in [9.17, 15) is 97.0 Å². The van der Waals surface area contributed by atoms with Gasteiger partial charge >= 0.3 is 0 Å². The molecular weight excluding hydrogens is 1720 g/mol. The van der Waals surface area contributed by atoms with E-state index < -0.39 is 193 Å². The van der Waals surface area contributed by atoms with Gasteiger partial charge in [-0.1, -0.05) is 87.0 Å². The average Bonchev–Trinajstić information content (AvgIpc) is 1.16. The van der Waals surface area contributed by atoms with Crippen LogP contribution in [0.25, 0.3) is 0 Å². The van der Waals surface area contributed by atoms with Crippen molar-refractivity contribution in [2.24, 2.45) is 115 Å². The number of hydrogen-bond acceptors (Lipinski definition) is 25. The molecule has 0 aromatic heterocycles. The Bertz CT molecular complexity index is 4740. The molecule has 4 aromatic carbocycles. The molecule has 724 valence electrons. The van der Waals surface area contributed by atoms with E-state index in [1.54, 1.807) is 68.4 Å². The molecule has 0 spiro atoms. The Balaban J connectivity index is 1.43. The molecule has 0 heterocycles. The van der Waals surface area contributed by atoms with Gasteiger partial charge in [-0.05, 0) is 155 Å². The van der Waals surface area contributed by atoms with Crippen molar-refractivity contribution >= 4 is 112 Å². The van der Waals surface area contributed by atoms with E-state index in [1.807, 2.05) is 0 Å². The fourth-order valence-electron chi connectivity index (χ4n) is 12.1. The van der Waals surface area contributed by atoms with Crippen LogP contribution in [0.5, 0.6) is 17.2 Å². The SMILES string of the molecule is CC[C@H](C)[C@H](N=C(O)[C@H](CCCNC(=N)N)N=C(O)[C@H](Cc1ccc(O)cc1)N=C(O)[C@H](Cc1ccc(O)cc1)N=C(O)[C@@H](N)CCCNC(=N)N)C(O)=N[C@@H](CCCCN)C(O)=NCC(O)=NCC(O)=NCC(O)=N[C@@H](CCCCN=C(O)CN=C(O)CN=C(O)CCN=C(O)[C@H](Cc1ccccc1)N=C(O)[C@@H](CCCNC(=N)N)N=C(O)[C@@H](N)Cc1ccc(O)cc1)C(=N)O. The van der Waals surface area contributed by atoms with Crippen molar-refractivity contribution in [1.82, 2.24) is 16.0 Å². The molecule has 0 aliphatic carbocycles. The van der Waals surface area contributed by atoms with Crippen LogP contribution in [0.3, 0.4) is 0 Å². The van der Waals surface area contributed by atoms with Crippen molar-refractivity contribution in [1.29, 1.82) is 21.6 Å². The van der Waals surface area contributed by atoms with Crippen LogP contribution in [-0.2, 0) is 25.7 Å². The molecule has 47 heteroatoms. The lowest BCUT2D eigenvalue weighted by atomic mass is 9.98. The zero-order valence-electron chi connectivity index (χ0n) is 73.8. The number of aliphatic hydroxyl groups is 16. The van der Waals surface area contributed by atoms with Crippen LogP contribution in [0.1, 0.15) is 126 Å². The number of aliphatic imine (C=N–C) groups is 15. The van der Waals surface area contributed by atoms with Gasteiger partial charge in [0.15, 0.2) is 35.6 Å². The highest BCUT2D eigenvalue weighted by Crippen LogP contribution is 2.23. The van der Waals surface area contributed by atoms with Crippen LogP contribution in [-0.4, -0.2) is 342 Å². The molecule has 38 N–H and O–H groups in total. The molecule has 47 nitrogen and oxygen atoms in total. The second-order valence-corrected chi connectivity index (χ2v) is 30.4. The van der Waals surface area contributed by atoms with Crippen LogP contribution >= 0.6 is 0 Å². The third-order valence-electron chi connectivity index (χ3n) is 19.6. The Kier molecular flexibility index (Phi) is 50.2. The van der Waals surface area contributed by atoms with Crippen LogP contribution in [0.15, 0.2) is 178 Å². The summed E-state index contributed by atoms with van der Waals surface area (Å²) >= 11 is 0. The Morgan fingerprint density at radius 3 is 1.14 bits per heavy atom. The Labute approximate surface area is 763 Å². The molecule has 4 aromatic rings. The summed E-state index contributed by atoms with van der Waals surface area (Å²) in [5, 5.41) is 246. The molecule has 0 aliphatic rings. The monoisotopic (exact) mass is 1850 g/mol. The molecule has 11 atom stereocenters. The van der Waals surface area contributed by atoms with Crippen molar-refractivity contribution in [2.45, 2.75) is 190 Å². The van der Waals surface area contributed by atoms with E-state index in [-0.39, 0.29) is 158 Å². The van der Waals surface area contributed by atoms with Crippen molar-refractivity contribution in [2.75, 3.05) is 72.0 Å². The first-order valence-electron chi connectivity index (χ1n) is 42.6. The molecule has 132 heavy (non-hydrogen) atoms. The summed E-state index contributed by atoms with van der Waals surface area (Å²) in [7, 11) is 0. The smallest absolute Gasteiger partial charge is 0.207 e. The third-order valence-corrected chi connectivity index (χ3v) is 19.6. The summed E-state index contributed by atoms with van der Waals surface area (Å²) in [4.78, 5) is 62.2. The summed E-state index contributed by atoms with van der Waals surface area (Å²) in [5.41, 5.74) is 37.1. The number of nitrogens with zero attached hydrogens (tertiary/aromatic N) is 15. The van der Waals surface area contributed by atoms with Gasteiger partial charge in [-0.2, -0.15) is 0 Å².